The summed E-state index contributed by atoms with van der Waals surface area (Å²) in [4.78, 5) is 0. The van der Waals surface area contributed by atoms with Gasteiger partial charge in [-0.1, -0.05) is 49.9 Å². The van der Waals surface area contributed by atoms with Crippen LogP contribution in [0.1, 0.15) is 51.5 Å². The normalized spacial score (nSPS) is 16.6. The topological polar surface area (TPSA) is 23.8 Å². The van der Waals surface area contributed by atoms with Gasteiger partial charge in [0.15, 0.2) is 0 Å². The van der Waals surface area contributed by atoms with Gasteiger partial charge in [-0.2, -0.15) is 5.26 Å². The molecule has 1 aliphatic rings. The number of benzene rings is 1. The summed E-state index contributed by atoms with van der Waals surface area (Å²) in [5, 5.41) is 10.4. The molecular formula is C15H19Cl2N. The van der Waals surface area contributed by atoms with Gasteiger partial charge in [0.25, 0.3) is 0 Å². The van der Waals surface area contributed by atoms with Gasteiger partial charge in [0.1, 0.15) is 0 Å². The maximum atomic E-state index is 8.99. The predicted molar refractivity (Wildman–Crippen MR) is 78.2 cm³/mol. The van der Waals surface area contributed by atoms with Gasteiger partial charge >= 0.3 is 0 Å². The first-order valence-corrected chi connectivity index (χ1v) is 7.26. The minimum absolute atomic E-state index is 0.0588. The molecule has 1 nitrogen and oxygen atoms in total. The lowest BCUT2D eigenvalue weighted by molar-refractivity contribution is 0.451. The van der Waals surface area contributed by atoms with E-state index in [4.69, 9.17) is 28.5 Å². The summed E-state index contributed by atoms with van der Waals surface area (Å²) >= 11 is 12.2. The van der Waals surface area contributed by atoms with E-state index in [1.165, 1.54) is 12.8 Å². The van der Waals surface area contributed by atoms with Crippen molar-refractivity contribution in [2.75, 3.05) is 0 Å². The minimum atomic E-state index is -0.0588. The summed E-state index contributed by atoms with van der Waals surface area (Å²) in [5.41, 5.74) is 0.997. The Balaban J connectivity index is 0.000000771. The van der Waals surface area contributed by atoms with Crippen LogP contribution in [0, 0.1) is 11.3 Å². The molecule has 0 aliphatic heterocycles. The van der Waals surface area contributed by atoms with Crippen LogP contribution in [0.2, 0.25) is 10.0 Å². The van der Waals surface area contributed by atoms with E-state index in [0.717, 1.165) is 23.4 Å². The molecule has 0 radical (unpaired) electrons. The van der Waals surface area contributed by atoms with Gasteiger partial charge in [0.05, 0.1) is 6.07 Å². The van der Waals surface area contributed by atoms with E-state index in [9.17, 15) is 0 Å². The molecule has 1 aliphatic carbocycles. The van der Waals surface area contributed by atoms with Crippen LogP contribution in [-0.2, 0) is 5.41 Å². The summed E-state index contributed by atoms with van der Waals surface area (Å²) in [7, 11) is 0. The number of halogens is 2. The fourth-order valence-corrected chi connectivity index (χ4v) is 3.14. The highest BCUT2D eigenvalue weighted by Crippen LogP contribution is 2.46. The van der Waals surface area contributed by atoms with Gasteiger partial charge in [-0.25, -0.2) is 0 Å². The Labute approximate surface area is 120 Å². The van der Waals surface area contributed by atoms with E-state index >= 15 is 0 Å². The van der Waals surface area contributed by atoms with Crippen molar-refractivity contribution < 1.29 is 0 Å². The molecule has 0 atom stereocenters. The van der Waals surface area contributed by atoms with Crippen molar-refractivity contribution in [3.05, 3.63) is 33.8 Å². The van der Waals surface area contributed by atoms with Gasteiger partial charge in [0.2, 0.25) is 0 Å². The lowest BCUT2D eigenvalue weighted by Gasteiger charge is -2.28. The molecule has 1 aromatic rings. The van der Waals surface area contributed by atoms with Crippen molar-refractivity contribution >= 4 is 23.2 Å². The van der Waals surface area contributed by atoms with Crippen LogP contribution in [0.3, 0.4) is 0 Å². The Morgan fingerprint density at radius 1 is 1.22 bits per heavy atom. The van der Waals surface area contributed by atoms with E-state index < -0.39 is 0 Å². The number of hydrogen-bond acceptors (Lipinski definition) is 1. The van der Waals surface area contributed by atoms with E-state index in [0.29, 0.717) is 11.4 Å². The van der Waals surface area contributed by atoms with Crippen molar-refractivity contribution in [1.29, 1.82) is 5.26 Å². The first kappa shape index (κ1) is 15.3. The van der Waals surface area contributed by atoms with Crippen LogP contribution in [0.5, 0.6) is 0 Å². The van der Waals surface area contributed by atoms with Gasteiger partial charge in [-0.05, 0) is 36.6 Å². The summed E-state index contributed by atoms with van der Waals surface area (Å²) in [6.07, 6.45) is 4.96. The first-order valence-electron chi connectivity index (χ1n) is 6.50. The first-order chi connectivity index (χ1) is 8.68. The van der Waals surface area contributed by atoms with Crippen molar-refractivity contribution in [3.63, 3.8) is 0 Å². The van der Waals surface area contributed by atoms with Crippen LogP contribution < -0.4 is 0 Å². The zero-order valence-electron chi connectivity index (χ0n) is 11.0. The number of nitriles is 1. The second-order valence-electron chi connectivity index (χ2n) is 4.45. The lowest BCUT2D eigenvalue weighted by Crippen LogP contribution is -2.21. The van der Waals surface area contributed by atoms with Crippen LogP contribution in [0.15, 0.2) is 18.2 Å². The van der Waals surface area contributed by atoms with E-state index in [1.807, 2.05) is 26.0 Å². The van der Waals surface area contributed by atoms with Crippen molar-refractivity contribution in [2.45, 2.75) is 51.4 Å². The molecule has 98 valence electrons. The number of rotatable bonds is 2. The third kappa shape index (κ3) is 3.19. The highest BCUT2D eigenvalue weighted by molar-refractivity contribution is 6.33. The molecule has 0 N–H and O–H groups in total. The average Bonchev–Trinajstić information content (AvgIpc) is 2.85. The van der Waals surface area contributed by atoms with Gasteiger partial charge in [-0.3, -0.25) is 0 Å². The smallest absolute Gasteiger partial charge is 0.0631 e. The highest BCUT2D eigenvalue weighted by atomic mass is 35.5. The predicted octanol–water partition coefficient (Wildman–Crippen LogP) is 5.75. The summed E-state index contributed by atoms with van der Waals surface area (Å²) < 4.78 is 0. The standard InChI is InChI=1S/C13H13Cl2N.C2H6/c14-10-3-4-12(15)11(9-10)13(7-8-16)5-1-2-6-13;1-2/h3-4,9H,1-2,5-7H2;1-2H3. The van der Waals surface area contributed by atoms with E-state index in [-0.39, 0.29) is 5.41 Å². The molecule has 0 amide bonds. The van der Waals surface area contributed by atoms with Crippen molar-refractivity contribution in [1.82, 2.24) is 0 Å². The maximum Gasteiger partial charge on any atom is 0.0631 e. The molecule has 1 saturated carbocycles. The molecule has 0 bridgehead atoms. The summed E-state index contributed by atoms with van der Waals surface area (Å²) in [5.74, 6) is 0. The van der Waals surface area contributed by atoms with Crippen LogP contribution in [-0.4, -0.2) is 0 Å². The summed E-state index contributed by atoms with van der Waals surface area (Å²) in [6.45, 7) is 4.00. The van der Waals surface area contributed by atoms with Crippen molar-refractivity contribution in [3.8, 4) is 6.07 Å². The second kappa shape index (κ2) is 7.02. The molecule has 0 aromatic heterocycles. The molecule has 0 heterocycles. The molecule has 0 unspecified atom stereocenters. The Kier molecular flexibility index (Phi) is 5.99. The van der Waals surface area contributed by atoms with Crippen LogP contribution in [0.4, 0.5) is 0 Å². The third-order valence-corrected chi connectivity index (χ3v) is 4.04. The highest BCUT2D eigenvalue weighted by Gasteiger charge is 2.37. The maximum absolute atomic E-state index is 8.99. The molecule has 0 saturated heterocycles. The van der Waals surface area contributed by atoms with Gasteiger partial charge in [-0.15, -0.1) is 0 Å². The van der Waals surface area contributed by atoms with Crippen LogP contribution in [0.25, 0.3) is 0 Å². The van der Waals surface area contributed by atoms with E-state index in [2.05, 4.69) is 6.07 Å². The lowest BCUT2D eigenvalue weighted by atomic mass is 9.76. The zero-order chi connectivity index (χ0) is 13.6. The Bertz CT molecular complexity index is 429. The Hall–Kier alpha value is -0.710. The monoisotopic (exact) mass is 283 g/mol. The largest absolute Gasteiger partial charge is 0.198 e. The molecule has 1 aromatic carbocycles. The number of hydrogen-bond donors (Lipinski definition) is 0. The number of nitrogens with zero attached hydrogens (tertiary/aromatic N) is 1. The quantitative estimate of drug-likeness (QED) is 0.678. The van der Waals surface area contributed by atoms with Crippen LogP contribution >= 0.6 is 23.2 Å². The summed E-state index contributed by atoms with van der Waals surface area (Å²) in [6, 6.07) is 7.84. The molecule has 3 heteroatoms. The Morgan fingerprint density at radius 2 is 1.83 bits per heavy atom. The third-order valence-electron chi connectivity index (χ3n) is 3.48. The molecular weight excluding hydrogens is 265 g/mol. The SMILES string of the molecule is CC.N#CCC1(c2cc(Cl)ccc2Cl)CCCC1. The zero-order valence-corrected chi connectivity index (χ0v) is 12.5. The fraction of sp³-hybridized carbons (Fsp3) is 0.533. The second-order valence-corrected chi connectivity index (χ2v) is 5.29. The molecule has 2 rings (SSSR count). The molecule has 18 heavy (non-hydrogen) atoms. The molecule has 0 spiro atoms. The molecule has 1 fully saturated rings. The van der Waals surface area contributed by atoms with Gasteiger partial charge in [0, 0.05) is 21.9 Å². The Morgan fingerprint density at radius 3 is 2.39 bits per heavy atom. The minimum Gasteiger partial charge on any atom is -0.198 e. The fourth-order valence-electron chi connectivity index (χ4n) is 2.65. The van der Waals surface area contributed by atoms with E-state index in [1.54, 1.807) is 6.07 Å². The van der Waals surface area contributed by atoms with Gasteiger partial charge < -0.3 is 0 Å². The average molecular weight is 284 g/mol. The van der Waals surface area contributed by atoms with Crippen molar-refractivity contribution in [2.24, 2.45) is 0 Å².